The van der Waals surface area contributed by atoms with E-state index in [1.807, 2.05) is 13.0 Å². The van der Waals surface area contributed by atoms with Crippen molar-refractivity contribution in [3.8, 4) is 0 Å². The van der Waals surface area contributed by atoms with Crippen LogP contribution in [0.5, 0.6) is 0 Å². The molecule has 0 aromatic carbocycles. The summed E-state index contributed by atoms with van der Waals surface area (Å²) in [6.45, 7) is 3.57. The second-order valence-electron chi connectivity index (χ2n) is 3.03. The van der Waals surface area contributed by atoms with Crippen LogP contribution in [-0.4, -0.2) is 22.8 Å². The summed E-state index contributed by atoms with van der Waals surface area (Å²) < 4.78 is 0. The topological polar surface area (TPSA) is 57.5 Å². The molecule has 0 saturated heterocycles. The Bertz CT molecular complexity index is 214. The van der Waals surface area contributed by atoms with E-state index >= 15 is 0 Å². The predicted octanol–water partition coefficient (Wildman–Crippen LogP) is 1.17. The maximum atomic E-state index is 10.2. The monoisotopic (exact) mass is 184 g/mol. The fourth-order valence-electron chi connectivity index (χ4n) is 0.913. The van der Waals surface area contributed by atoms with E-state index in [1.165, 1.54) is 6.08 Å². The van der Waals surface area contributed by atoms with Crippen LogP contribution in [0.15, 0.2) is 23.3 Å². The van der Waals surface area contributed by atoms with Gasteiger partial charge in [-0.05, 0) is 38.3 Å². The molecule has 0 unspecified atom stereocenters. The summed E-state index contributed by atoms with van der Waals surface area (Å²) in [6, 6.07) is 0. The quantitative estimate of drug-likeness (QED) is 0.292. The molecule has 74 valence electrons. The lowest BCUT2D eigenvalue weighted by Crippen LogP contribution is -1.99. The summed E-state index contributed by atoms with van der Waals surface area (Å²) in [5.74, 6) is 0. The van der Waals surface area contributed by atoms with Crippen molar-refractivity contribution in [3.05, 3.63) is 23.3 Å². The third-order valence-electron chi connectivity index (χ3n) is 1.62. The highest BCUT2D eigenvalue weighted by atomic mass is 16.5. The van der Waals surface area contributed by atoms with Gasteiger partial charge in [-0.1, -0.05) is 11.6 Å². The van der Waals surface area contributed by atoms with Crippen molar-refractivity contribution in [2.75, 3.05) is 0 Å². The summed E-state index contributed by atoms with van der Waals surface area (Å²) in [5.41, 5.74) is 1.61. The molecule has 0 saturated carbocycles. The molecule has 0 aromatic rings. The zero-order chi connectivity index (χ0) is 10.3. The molecule has 0 aromatic heterocycles. The minimum absolute atomic E-state index is 0.706. The Morgan fingerprint density at radius 3 is 2.46 bits per heavy atom. The molecule has 0 fully saturated rings. The third kappa shape index (κ3) is 7.43. The molecular weight excluding hydrogens is 168 g/mol. The number of carbonyl (C=O) groups is 1. The van der Waals surface area contributed by atoms with Gasteiger partial charge in [0.15, 0.2) is 6.29 Å². The smallest absolute Gasteiger partial charge is 0.171 e. The lowest BCUT2D eigenvalue weighted by molar-refractivity contribution is -0.104. The van der Waals surface area contributed by atoms with Crippen molar-refractivity contribution in [1.82, 2.24) is 0 Å². The number of aldehydes is 1. The van der Waals surface area contributed by atoms with Gasteiger partial charge in [-0.25, -0.2) is 0 Å². The Kier molecular flexibility index (Phi) is 6.10. The van der Waals surface area contributed by atoms with Gasteiger partial charge in [-0.3, -0.25) is 4.79 Å². The van der Waals surface area contributed by atoms with Gasteiger partial charge in [-0.15, -0.1) is 0 Å². The van der Waals surface area contributed by atoms with Gasteiger partial charge in [0, 0.05) is 0 Å². The first-order valence-electron chi connectivity index (χ1n) is 4.21. The number of carbonyl (C=O) groups excluding carboxylic acids is 1. The molecule has 0 rings (SSSR count). The molecule has 0 aliphatic carbocycles. The van der Waals surface area contributed by atoms with Crippen LogP contribution in [0.4, 0.5) is 0 Å². The Hall–Kier alpha value is -0.930. The summed E-state index contributed by atoms with van der Waals surface area (Å²) in [7, 11) is 0. The van der Waals surface area contributed by atoms with Crippen LogP contribution < -0.4 is 0 Å². The first-order valence-corrected chi connectivity index (χ1v) is 4.21. The minimum Gasteiger partial charge on any atom is -0.365 e. The van der Waals surface area contributed by atoms with Crippen LogP contribution in [0.3, 0.4) is 0 Å². The molecule has 0 bridgehead atoms. The number of allylic oxidation sites excluding steroid dienone is 3. The van der Waals surface area contributed by atoms with Gasteiger partial charge < -0.3 is 10.2 Å². The Balaban J connectivity index is 3.83. The highest BCUT2D eigenvalue weighted by Crippen LogP contribution is 2.06. The van der Waals surface area contributed by atoms with E-state index in [9.17, 15) is 4.79 Å². The zero-order valence-electron chi connectivity index (χ0n) is 8.03. The summed E-state index contributed by atoms with van der Waals surface area (Å²) >= 11 is 0. The van der Waals surface area contributed by atoms with Crippen LogP contribution in [0.1, 0.15) is 26.7 Å². The first-order chi connectivity index (χ1) is 6.06. The molecule has 0 amide bonds. The van der Waals surface area contributed by atoms with Crippen molar-refractivity contribution in [2.24, 2.45) is 0 Å². The van der Waals surface area contributed by atoms with Crippen molar-refractivity contribution in [2.45, 2.75) is 33.0 Å². The van der Waals surface area contributed by atoms with Gasteiger partial charge in [0.25, 0.3) is 0 Å². The summed E-state index contributed by atoms with van der Waals surface area (Å²) in [6.07, 6.45) is 4.12. The molecule has 0 spiro atoms. The molecule has 3 heteroatoms. The van der Waals surface area contributed by atoms with E-state index < -0.39 is 6.29 Å². The van der Waals surface area contributed by atoms with Crippen molar-refractivity contribution < 1.29 is 15.0 Å². The van der Waals surface area contributed by atoms with Crippen LogP contribution in [0, 0.1) is 0 Å². The normalized spacial score (nSPS) is 13.6. The number of aliphatic hydroxyl groups is 2. The SMILES string of the molecule is C/C(C=O)=C/CC/C(C)=C/C(O)O. The fourth-order valence-corrected chi connectivity index (χ4v) is 0.913. The molecule has 0 atom stereocenters. The number of hydrogen-bond donors (Lipinski definition) is 2. The van der Waals surface area contributed by atoms with E-state index in [0.29, 0.717) is 5.57 Å². The van der Waals surface area contributed by atoms with Crippen molar-refractivity contribution >= 4 is 6.29 Å². The molecule has 0 heterocycles. The maximum Gasteiger partial charge on any atom is 0.171 e. The predicted molar refractivity (Wildman–Crippen MR) is 51.0 cm³/mol. The highest BCUT2D eigenvalue weighted by Gasteiger charge is 1.93. The molecule has 3 nitrogen and oxygen atoms in total. The van der Waals surface area contributed by atoms with E-state index in [1.54, 1.807) is 6.92 Å². The van der Waals surface area contributed by atoms with Crippen molar-refractivity contribution in [3.63, 3.8) is 0 Å². The highest BCUT2D eigenvalue weighted by molar-refractivity contribution is 5.71. The largest absolute Gasteiger partial charge is 0.365 e. The fraction of sp³-hybridized carbons (Fsp3) is 0.500. The van der Waals surface area contributed by atoms with Crippen molar-refractivity contribution in [1.29, 1.82) is 0 Å². The van der Waals surface area contributed by atoms with Gasteiger partial charge in [0.05, 0.1) is 0 Å². The van der Waals surface area contributed by atoms with Gasteiger partial charge >= 0.3 is 0 Å². The van der Waals surface area contributed by atoms with Crippen LogP contribution in [-0.2, 0) is 4.79 Å². The van der Waals surface area contributed by atoms with Crippen LogP contribution in [0.2, 0.25) is 0 Å². The zero-order valence-corrected chi connectivity index (χ0v) is 8.03. The first kappa shape index (κ1) is 12.1. The standard InChI is InChI=1S/C10H16O3/c1-8(6-10(12)13)4-3-5-9(2)7-11/h5-7,10,12-13H,3-4H2,1-2H3/b8-6+,9-5-. The van der Waals surface area contributed by atoms with Crippen LogP contribution in [0.25, 0.3) is 0 Å². The number of hydrogen-bond acceptors (Lipinski definition) is 3. The molecule has 0 aliphatic heterocycles. The van der Waals surface area contributed by atoms with Gasteiger partial charge in [-0.2, -0.15) is 0 Å². The summed E-state index contributed by atoms with van der Waals surface area (Å²) in [4.78, 5) is 10.2. The second-order valence-corrected chi connectivity index (χ2v) is 3.03. The van der Waals surface area contributed by atoms with Crippen LogP contribution >= 0.6 is 0 Å². The second kappa shape index (κ2) is 6.57. The number of aliphatic hydroxyl groups excluding tert-OH is 1. The molecule has 0 aliphatic rings. The summed E-state index contributed by atoms with van der Waals surface area (Å²) in [5, 5.41) is 17.2. The van der Waals surface area contributed by atoms with Gasteiger partial charge in [0.1, 0.15) is 6.29 Å². The molecule has 0 radical (unpaired) electrons. The lowest BCUT2D eigenvalue weighted by atomic mass is 10.1. The Labute approximate surface area is 78.4 Å². The average Bonchev–Trinajstić information content (AvgIpc) is 2.02. The maximum absolute atomic E-state index is 10.2. The van der Waals surface area contributed by atoms with Gasteiger partial charge in [0.2, 0.25) is 0 Å². The third-order valence-corrected chi connectivity index (χ3v) is 1.62. The molecule has 13 heavy (non-hydrogen) atoms. The lowest BCUT2D eigenvalue weighted by Gasteiger charge is -2.00. The minimum atomic E-state index is -1.38. The molecular formula is C10H16O3. The average molecular weight is 184 g/mol. The Morgan fingerprint density at radius 2 is 2.00 bits per heavy atom. The van der Waals surface area contributed by atoms with E-state index in [-0.39, 0.29) is 0 Å². The van der Waals surface area contributed by atoms with E-state index in [4.69, 9.17) is 10.2 Å². The molecule has 2 N–H and O–H groups in total. The number of rotatable bonds is 5. The van der Waals surface area contributed by atoms with E-state index in [2.05, 4.69) is 0 Å². The Morgan fingerprint density at radius 1 is 1.38 bits per heavy atom. The van der Waals surface area contributed by atoms with E-state index in [0.717, 1.165) is 24.7 Å².